The molecule has 102 valence electrons. The summed E-state index contributed by atoms with van der Waals surface area (Å²) in [4.78, 5) is 0. The lowest BCUT2D eigenvalue weighted by molar-refractivity contribution is 0.338. The van der Waals surface area contributed by atoms with Crippen LogP contribution in [0.4, 0.5) is 0 Å². The van der Waals surface area contributed by atoms with Crippen LogP contribution in [0.15, 0.2) is 34.1 Å². The molecule has 0 saturated heterocycles. The summed E-state index contributed by atoms with van der Waals surface area (Å²) < 4.78 is 7.85. The van der Waals surface area contributed by atoms with Crippen LogP contribution in [0.3, 0.4) is 0 Å². The van der Waals surface area contributed by atoms with E-state index in [0.717, 1.165) is 10.2 Å². The van der Waals surface area contributed by atoms with E-state index in [2.05, 4.69) is 67.4 Å². The summed E-state index contributed by atoms with van der Waals surface area (Å²) >= 11 is 7.69. The van der Waals surface area contributed by atoms with Crippen molar-refractivity contribution < 1.29 is 4.74 Å². The monoisotopic (exact) mass is 451 g/mol. The average Bonchev–Trinajstić information content (AvgIpc) is 2.80. The highest BCUT2D eigenvalue weighted by molar-refractivity contribution is 14.1. The van der Waals surface area contributed by atoms with E-state index in [0.29, 0.717) is 6.61 Å². The number of ether oxygens (including phenoxy) is 1. The normalized spacial score (nSPS) is 12.4. The molecule has 0 radical (unpaired) electrons. The molecular formula is C14H15BrINOS. The number of hydrogen-bond donors (Lipinski definition) is 1. The van der Waals surface area contributed by atoms with Crippen molar-refractivity contribution >= 4 is 49.9 Å². The number of rotatable bonds is 5. The highest BCUT2D eigenvalue weighted by atomic mass is 127. The van der Waals surface area contributed by atoms with Gasteiger partial charge >= 0.3 is 0 Å². The van der Waals surface area contributed by atoms with Gasteiger partial charge in [-0.3, -0.25) is 0 Å². The molecule has 5 heteroatoms. The van der Waals surface area contributed by atoms with Gasteiger partial charge in [-0.25, -0.2) is 0 Å². The van der Waals surface area contributed by atoms with E-state index in [1.54, 1.807) is 11.3 Å². The molecule has 0 fully saturated rings. The van der Waals surface area contributed by atoms with Gasteiger partial charge in [0.15, 0.2) is 0 Å². The van der Waals surface area contributed by atoms with E-state index in [1.165, 1.54) is 14.0 Å². The maximum absolute atomic E-state index is 5.55. The molecule has 0 saturated carbocycles. The Hall–Kier alpha value is -0.110. The Balaban J connectivity index is 2.31. The second-order valence-electron chi connectivity index (χ2n) is 4.03. The number of hydrogen-bond acceptors (Lipinski definition) is 3. The van der Waals surface area contributed by atoms with Crippen LogP contribution in [0.1, 0.15) is 24.1 Å². The lowest BCUT2D eigenvalue weighted by Crippen LogP contribution is -2.17. The number of halogens is 2. The first-order valence-electron chi connectivity index (χ1n) is 5.99. The maximum atomic E-state index is 5.55. The van der Waals surface area contributed by atoms with Crippen LogP contribution < -0.4 is 10.1 Å². The second kappa shape index (κ2) is 7.06. The summed E-state index contributed by atoms with van der Waals surface area (Å²) in [5, 5.41) is 5.57. The Morgan fingerprint density at radius 1 is 1.37 bits per heavy atom. The summed E-state index contributed by atoms with van der Waals surface area (Å²) in [5.74, 6) is 0.890. The van der Waals surface area contributed by atoms with Gasteiger partial charge < -0.3 is 10.1 Å². The predicted octanol–water partition coefficient (Wildman–Crippen LogP) is 4.82. The van der Waals surface area contributed by atoms with E-state index in [-0.39, 0.29) is 6.04 Å². The lowest BCUT2D eigenvalue weighted by atomic mass is 10.0. The van der Waals surface area contributed by atoms with E-state index < -0.39 is 0 Å². The van der Waals surface area contributed by atoms with Gasteiger partial charge in [0.1, 0.15) is 5.75 Å². The van der Waals surface area contributed by atoms with Crippen LogP contribution in [0, 0.1) is 2.88 Å². The van der Waals surface area contributed by atoms with Gasteiger partial charge in [-0.1, -0.05) is 6.07 Å². The zero-order valence-electron chi connectivity index (χ0n) is 10.7. The van der Waals surface area contributed by atoms with Gasteiger partial charge in [-0.05, 0) is 87.2 Å². The van der Waals surface area contributed by atoms with E-state index in [9.17, 15) is 0 Å². The van der Waals surface area contributed by atoms with Crippen molar-refractivity contribution in [3.63, 3.8) is 0 Å². The fourth-order valence-electron chi connectivity index (χ4n) is 1.97. The highest BCUT2D eigenvalue weighted by Gasteiger charge is 2.15. The van der Waals surface area contributed by atoms with E-state index >= 15 is 0 Å². The minimum Gasteiger partial charge on any atom is -0.493 e. The van der Waals surface area contributed by atoms with Gasteiger partial charge in [0.25, 0.3) is 0 Å². The molecule has 1 aromatic carbocycles. The molecule has 2 nitrogen and oxygen atoms in total. The topological polar surface area (TPSA) is 21.3 Å². The molecule has 2 aromatic rings. The van der Waals surface area contributed by atoms with Crippen LogP contribution >= 0.6 is 49.9 Å². The van der Waals surface area contributed by atoms with Crippen LogP contribution in [0.2, 0.25) is 0 Å². The molecule has 0 aliphatic rings. The molecule has 1 heterocycles. The Morgan fingerprint density at radius 3 is 2.68 bits per heavy atom. The highest BCUT2D eigenvalue weighted by Crippen LogP contribution is 2.32. The number of thiophene rings is 1. The van der Waals surface area contributed by atoms with Gasteiger partial charge in [0.05, 0.1) is 20.0 Å². The average molecular weight is 452 g/mol. The molecule has 1 N–H and O–H groups in total. The first-order valence-corrected chi connectivity index (χ1v) is 8.74. The molecule has 1 atom stereocenters. The smallest absolute Gasteiger partial charge is 0.133 e. The fraction of sp³-hybridized carbons (Fsp3) is 0.286. The zero-order chi connectivity index (χ0) is 13.8. The van der Waals surface area contributed by atoms with Crippen molar-refractivity contribution in [2.45, 2.75) is 13.0 Å². The molecule has 0 aliphatic heterocycles. The third kappa shape index (κ3) is 3.71. The van der Waals surface area contributed by atoms with Crippen molar-refractivity contribution in [3.8, 4) is 5.75 Å². The van der Waals surface area contributed by atoms with E-state index in [1.807, 2.05) is 20.0 Å². The molecule has 0 spiro atoms. The Kier molecular flexibility index (Phi) is 5.68. The Morgan fingerprint density at radius 2 is 2.16 bits per heavy atom. The predicted molar refractivity (Wildman–Crippen MR) is 93.2 cm³/mol. The second-order valence-corrected chi connectivity index (χ2v) is 7.69. The first kappa shape index (κ1) is 15.3. The summed E-state index contributed by atoms with van der Waals surface area (Å²) in [7, 11) is 1.99. The minimum atomic E-state index is 0.215. The standard InChI is InChI=1S/C14H15BrINOS/c1-3-18-12-5-4-9(6-11(12)15)14(17-2)10-7-13(16)19-8-10/h4-8,14,17H,3H2,1-2H3. The Labute approximate surface area is 139 Å². The Bertz CT molecular complexity index is 558. The van der Waals surface area contributed by atoms with Crippen molar-refractivity contribution in [2.75, 3.05) is 13.7 Å². The third-order valence-corrected chi connectivity index (χ3v) is 5.23. The van der Waals surface area contributed by atoms with Gasteiger partial charge in [0.2, 0.25) is 0 Å². The molecule has 2 rings (SSSR count). The van der Waals surface area contributed by atoms with Gasteiger partial charge in [-0.2, -0.15) is 0 Å². The first-order chi connectivity index (χ1) is 9.15. The minimum absolute atomic E-state index is 0.215. The molecule has 19 heavy (non-hydrogen) atoms. The van der Waals surface area contributed by atoms with Gasteiger partial charge in [0, 0.05) is 0 Å². The van der Waals surface area contributed by atoms with Crippen LogP contribution in [0.25, 0.3) is 0 Å². The molecule has 0 bridgehead atoms. The maximum Gasteiger partial charge on any atom is 0.133 e. The van der Waals surface area contributed by atoms with Gasteiger partial charge in [-0.15, -0.1) is 11.3 Å². The van der Waals surface area contributed by atoms with Crippen LogP contribution in [0.5, 0.6) is 5.75 Å². The molecule has 0 amide bonds. The van der Waals surface area contributed by atoms with E-state index in [4.69, 9.17) is 4.74 Å². The fourth-order valence-corrected chi connectivity index (χ4v) is 3.88. The summed E-state index contributed by atoms with van der Waals surface area (Å²) in [6.45, 7) is 2.67. The summed E-state index contributed by atoms with van der Waals surface area (Å²) in [5.41, 5.74) is 2.53. The molecule has 1 unspecified atom stereocenters. The zero-order valence-corrected chi connectivity index (χ0v) is 15.3. The lowest BCUT2D eigenvalue weighted by Gasteiger charge is -2.17. The molecular weight excluding hydrogens is 437 g/mol. The van der Waals surface area contributed by atoms with Crippen molar-refractivity contribution in [3.05, 3.63) is 48.1 Å². The van der Waals surface area contributed by atoms with Crippen molar-refractivity contribution in [2.24, 2.45) is 0 Å². The number of benzene rings is 1. The van der Waals surface area contributed by atoms with Crippen molar-refractivity contribution in [1.29, 1.82) is 0 Å². The van der Waals surface area contributed by atoms with Crippen LogP contribution in [-0.2, 0) is 0 Å². The quantitative estimate of drug-likeness (QED) is 0.658. The van der Waals surface area contributed by atoms with Crippen molar-refractivity contribution in [1.82, 2.24) is 5.32 Å². The largest absolute Gasteiger partial charge is 0.493 e. The number of nitrogens with one attached hydrogen (secondary N) is 1. The van der Waals surface area contributed by atoms with Crippen LogP contribution in [-0.4, -0.2) is 13.7 Å². The summed E-state index contributed by atoms with van der Waals surface area (Å²) in [6.07, 6.45) is 0. The molecule has 1 aromatic heterocycles. The SMILES string of the molecule is CCOc1ccc(C(NC)c2csc(I)c2)cc1Br. The third-order valence-electron chi connectivity index (χ3n) is 2.80. The summed E-state index contributed by atoms with van der Waals surface area (Å²) in [6, 6.07) is 8.69. The molecule has 0 aliphatic carbocycles.